The Labute approximate surface area is 234 Å². The molecular formula is C22H14N4O9S4. The summed E-state index contributed by atoms with van der Waals surface area (Å²) >= 11 is 4.10. The standard InChI is InChI=1S/C22H14N4O9S4/c1-2-34-19(29)22(9-36-20-23-12-5-3-10(25(30)31)7-14(12)37-20)17(16(27)18(28)35-22)39-21-24-13-6-4-11(26(32)33)8-15(13)38-21/h3-8,17H,2,9H2,1H3. The van der Waals surface area contributed by atoms with Gasteiger partial charge in [-0.05, 0) is 19.1 Å². The zero-order valence-electron chi connectivity index (χ0n) is 19.6. The number of thioether (sulfide) groups is 2. The summed E-state index contributed by atoms with van der Waals surface area (Å²) < 4.78 is 12.4. The molecule has 0 N–H and O–H groups in total. The summed E-state index contributed by atoms with van der Waals surface area (Å²) in [5.41, 5.74) is -1.28. The summed E-state index contributed by atoms with van der Waals surface area (Å²) in [6.45, 7) is 1.53. The number of thiazole rings is 2. The largest absolute Gasteiger partial charge is 0.463 e. The molecule has 2 unspecified atom stereocenters. The molecule has 2 aromatic carbocycles. The Morgan fingerprint density at radius 3 is 2.15 bits per heavy atom. The molecule has 0 amide bonds. The number of carbonyl (C=O) groups is 3. The third kappa shape index (κ3) is 5.05. The molecule has 0 saturated carbocycles. The van der Waals surface area contributed by atoms with Crippen LogP contribution >= 0.6 is 46.2 Å². The fourth-order valence-electron chi connectivity index (χ4n) is 3.70. The molecule has 1 aliphatic heterocycles. The van der Waals surface area contributed by atoms with Crippen LogP contribution in [0.15, 0.2) is 45.1 Å². The van der Waals surface area contributed by atoms with E-state index in [-0.39, 0.29) is 23.7 Å². The summed E-state index contributed by atoms with van der Waals surface area (Å²) in [4.78, 5) is 68.6. The lowest BCUT2D eigenvalue weighted by atomic mass is 10.0. The van der Waals surface area contributed by atoms with Crippen molar-refractivity contribution in [3.8, 4) is 0 Å². The first-order valence-electron chi connectivity index (χ1n) is 10.9. The van der Waals surface area contributed by atoms with E-state index in [4.69, 9.17) is 9.47 Å². The number of carbonyl (C=O) groups excluding carboxylic acids is 3. The zero-order chi connectivity index (χ0) is 27.9. The van der Waals surface area contributed by atoms with Crippen molar-refractivity contribution < 1.29 is 33.7 Å². The quantitative estimate of drug-likeness (QED) is 0.0860. The first-order chi connectivity index (χ1) is 18.6. The molecule has 4 aromatic rings. The van der Waals surface area contributed by atoms with E-state index in [1.165, 1.54) is 36.4 Å². The van der Waals surface area contributed by atoms with Crippen LogP contribution < -0.4 is 0 Å². The van der Waals surface area contributed by atoms with Gasteiger partial charge in [-0.1, -0.05) is 23.5 Å². The first-order valence-corrected chi connectivity index (χ1v) is 14.4. The lowest BCUT2D eigenvalue weighted by Gasteiger charge is -2.28. The summed E-state index contributed by atoms with van der Waals surface area (Å²) in [6, 6.07) is 8.33. The molecule has 5 rings (SSSR count). The molecule has 39 heavy (non-hydrogen) atoms. The molecule has 2 atom stereocenters. The van der Waals surface area contributed by atoms with Crippen LogP contribution in [0.4, 0.5) is 11.4 Å². The molecule has 1 aliphatic rings. The van der Waals surface area contributed by atoms with Crippen LogP contribution in [-0.2, 0) is 23.9 Å². The molecule has 2 aromatic heterocycles. The Morgan fingerprint density at radius 2 is 1.59 bits per heavy atom. The summed E-state index contributed by atoms with van der Waals surface area (Å²) in [5.74, 6) is -3.28. The van der Waals surface area contributed by atoms with Crippen LogP contribution in [-0.4, -0.2) is 60.7 Å². The SMILES string of the molecule is CCOC(=O)C1(CSc2nc3ccc([N+](=O)[O-])cc3s2)OC(=O)C(=O)C1Sc1nc2ccc([N+](=O)[O-])cc2s1. The zero-order valence-corrected chi connectivity index (χ0v) is 22.8. The number of non-ortho nitro benzene ring substituents is 2. The molecule has 17 heteroatoms. The van der Waals surface area contributed by atoms with Crippen LogP contribution in [0, 0.1) is 20.2 Å². The predicted octanol–water partition coefficient (Wildman–Crippen LogP) is 4.40. The molecule has 13 nitrogen and oxygen atoms in total. The number of nitrogens with zero attached hydrogens (tertiary/aromatic N) is 4. The number of fused-ring (bicyclic) bond motifs is 2. The number of aromatic nitrogens is 2. The van der Waals surface area contributed by atoms with Crippen LogP contribution in [0.25, 0.3) is 20.4 Å². The minimum absolute atomic E-state index is 0.0377. The van der Waals surface area contributed by atoms with Crippen molar-refractivity contribution in [2.75, 3.05) is 12.4 Å². The number of esters is 2. The average molecular weight is 607 g/mol. The van der Waals surface area contributed by atoms with Crippen LogP contribution in [0.1, 0.15) is 6.92 Å². The maximum atomic E-state index is 13.2. The molecule has 0 bridgehead atoms. The summed E-state index contributed by atoms with van der Waals surface area (Å²) in [7, 11) is 0. The predicted molar refractivity (Wildman–Crippen MR) is 143 cm³/mol. The van der Waals surface area contributed by atoms with Crippen molar-refractivity contribution in [3.05, 3.63) is 56.6 Å². The molecule has 1 fully saturated rings. The van der Waals surface area contributed by atoms with Gasteiger partial charge >= 0.3 is 11.9 Å². The lowest BCUT2D eigenvalue weighted by Crippen LogP contribution is -2.50. The first kappa shape index (κ1) is 26.9. The normalized spacial score (nSPS) is 18.9. The van der Waals surface area contributed by atoms with Crippen LogP contribution in [0.5, 0.6) is 0 Å². The van der Waals surface area contributed by atoms with Crippen LogP contribution in [0.2, 0.25) is 0 Å². The smallest absolute Gasteiger partial charge is 0.377 e. The number of Topliss-reactive ketones (excluding diaryl/α,β-unsaturated/α-hetero) is 1. The fourth-order valence-corrected chi connectivity index (χ4v) is 8.51. The van der Waals surface area contributed by atoms with Gasteiger partial charge in [0.05, 0.1) is 42.6 Å². The second-order valence-corrected chi connectivity index (χ2v) is 12.6. The molecule has 0 radical (unpaired) electrons. The monoisotopic (exact) mass is 606 g/mol. The van der Waals surface area contributed by atoms with Gasteiger partial charge in [0, 0.05) is 24.3 Å². The molecule has 0 aliphatic carbocycles. The van der Waals surface area contributed by atoms with Crippen molar-refractivity contribution in [2.24, 2.45) is 0 Å². The Bertz CT molecular complexity index is 1690. The van der Waals surface area contributed by atoms with E-state index in [1.807, 2.05) is 0 Å². The van der Waals surface area contributed by atoms with Gasteiger partial charge in [-0.25, -0.2) is 19.6 Å². The number of benzene rings is 2. The van der Waals surface area contributed by atoms with E-state index in [0.29, 0.717) is 29.1 Å². The van der Waals surface area contributed by atoms with Crippen molar-refractivity contribution in [1.82, 2.24) is 9.97 Å². The Morgan fingerprint density at radius 1 is 1.03 bits per heavy atom. The van der Waals surface area contributed by atoms with Crippen molar-refractivity contribution in [3.63, 3.8) is 0 Å². The second kappa shape index (κ2) is 10.5. The number of hydrogen-bond acceptors (Lipinski definition) is 15. The molecule has 200 valence electrons. The van der Waals surface area contributed by atoms with Gasteiger partial charge in [-0.3, -0.25) is 25.0 Å². The van der Waals surface area contributed by atoms with E-state index in [2.05, 4.69) is 9.97 Å². The summed E-state index contributed by atoms with van der Waals surface area (Å²) in [5, 5.41) is 20.9. The minimum atomic E-state index is -2.01. The van der Waals surface area contributed by atoms with Gasteiger partial charge in [-0.15, -0.1) is 22.7 Å². The Balaban J connectivity index is 1.47. The fraction of sp³-hybridized carbons (Fsp3) is 0.227. The van der Waals surface area contributed by atoms with Gasteiger partial charge in [0.1, 0.15) is 5.25 Å². The number of nitro groups is 2. The maximum absolute atomic E-state index is 13.2. The van der Waals surface area contributed by atoms with Gasteiger partial charge in [0.2, 0.25) is 5.60 Å². The number of hydrogen-bond donors (Lipinski definition) is 0. The number of ether oxygens (including phenoxy) is 2. The van der Waals surface area contributed by atoms with E-state index < -0.39 is 38.4 Å². The second-order valence-electron chi connectivity index (χ2n) is 7.93. The van der Waals surface area contributed by atoms with E-state index in [0.717, 1.165) is 46.2 Å². The minimum Gasteiger partial charge on any atom is -0.463 e. The topological polar surface area (TPSA) is 182 Å². The van der Waals surface area contributed by atoms with Crippen LogP contribution in [0.3, 0.4) is 0 Å². The molecule has 1 saturated heterocycles. The van der Waals surface area contributed by atoms with E-state index in [9.17, 15) is 34.6 Å². The van der Waals surface area contributed by atoms with E-state index >= 15 is 0 Å². The summed E-state index contributed by atoms with van der Waals surface area (Å²) in [6.07, 6.45) is 0. The molecular weight excluding hydrogens is 593 g/mol. The average Bonchev–Trinajstić information content (AvgIpc) is 3.57. The number of nitro benzene ring substituents is 2. The van der Waals surface area contributed by atoms with Crippen molar-refractivity contribution in [2.45, 2.75) is 26.5 Å². The Hall–Kier alpha value is -3.67. The third-order valence-corrected chi connectivity index (χ3v) is 10.3. The highest BCUT2D eigenvalue weighted by Gasteiger charge is 2.62. The number of cyclic esters (lactones) is 1. The van der Waals surface area contributed by atoms with Crippen molar-refractivity contribution in [1.29, 1.82) is 0 Å². The van der Waals surface area contributed by atoms with Gasteiger partial charge in [-0.2, -0.15) is 0 Å². The van der Waals surface area contributed by atoms with Gasteiger partial charge in [0.25, 0.3) is 17.2 Å². The number of rotatable bonds is 9. The lowest BCUT2D eigenvalue weighted by molar-refractivity contribution is -0.384. The highest BCUT2D eigenvalue weighted by atomic mass is 32.2. The highest BCUT2D eigenvalue weighted by Crippen LogP contribution is 2.45. The van der Waals surface area contributed by atoms with Gasteiger partial charge < -0.3 is 9.47 Å². The highest BCUT2D eigenvalue weighted by molar-refractivity contribution is 8.03. The third-order valence-electron chi connectivity index (χ3n) is 5.51. The maximum Gasteiger partial charge on any atom is 0.377 e. The Kier molecular flexibility index (Phi) is 7.23. The molecule has 3 heterocycles. The molecule has 0 spiro atoms. The van der Waals surface area contributed by atoms with Crippen molar-refractivity contribution >= 4 is 95.7 Å². The number of ketones is 1. The van der Waals surface area contributed by atoms with Gasteiger partial charge in [0.15, 0.2) is 8.68 Å². The van der Waals surface area contributed by atoms with E-state index in [1.54, 1.807) is 6.92 Å².